The van der Waals surface area contributed by atoms with E-state index in [0.717, 1.165) is 35.3 Å². The number of carboxylic acids is 1. The molecule has 0 atom stereocenters. The van der Waals surface area contributed by atoms with Crippen molar-refractivity contribution in [2.75, 3.05) is 7.11 Å². The maximum absolute atomic E-state index is 10.8. The predicted octanol–water partition coefficient (Wildman–Crippen LogP) is 5.13. The first-order valence-electron chi connectivity index (χ1n) is 7.19. The molecule has 0 aromatic heterocycles. The molecule has 0 radical (unpaired) electrons. The van der Waals surface area contributed by atoms with Crippen molar-refractivity contribution in [3.8, 4) is 5.75 Å². The summed E-state index contributed by atoms with van der Waals surface area (Å²) in [4.78, 5) is 10.8. The highest BCUT2D eigenvalue weighted by molar-refractivity contribution is 6.31. The lowest BCUT2D eigenvalue weighted by molar-refractivity contribution is -0.135. The van der Waals surface area contributed by atoms with E-state index in [1.54, 1.807) is 13.2 Å². The number of benzene rings is 1. The van der Waals surface area contributed by atoms with Gasteiger partial charge in [-0.3, -0.25) is 4.79 Å². The third-order valence-electron chi connectivity index (χ3n) is 3.30. The molecule has 1 aromatic rings. The van der Waals surface area contributed by atoms with Crippen LogP contribution in [0.15, 0.2) is 18.2 Å². The molecule has 0 aliphatic heterocycles. The molecule has 3 nitrogen and oxygen atoms in total. The zero-order valence-electron chi connectivity index (χ0n) is 13.1. The maximum Gasteiger partial charge on any atom is 0.307 e. The minimum absolute atomic E-state index is 0.00200. The third-order valence-corrected chi connectivity index (χ3v) is 3.52. The molecule has 0 unspecified atom stereocenters. The van der Waals surface area contributed by atoms with Gasteiger partial charge in [0.05, 0.1) is 13.5 Å². The van der Waals surface area contributed by atoms with Gasteiger partial charge in [-0.25, -0.2) is 0 Å². The highest BCUT2D eigenvalue weighted by atomic mass is 35.5. The molecular formula is C17H23ClO3. The molecule has 0 amide bonds. The first-order valence-corrected chi connectivity index (χ1v) is 7.57. The van der Waals surface area contributed by atoms with Gasteiger partial charge >= 0.3 is 5.97 Å². The van der Waals surface area contributed by atoms with Gasteiger partial charge in [-0.15, -0.1) is 0 Å². The number of aliphatic carboxylic acids is 1. The van der Waals surface area contributed by atoms with E-state index >= 15 is 0 Å². The van der Waals surface area contributed by atoms with E-state index in [-0.39, 0.29) is 12.3 Å². The summed E-state index contributed by atoms with van der Waals surface area (Å²) in [6.45, 7) is 6.23. The van der Waals surface area contributed by atoms with Gasteiger partial charge in [0.15, 0.2) is 0 Å². The number of allylic oxidation sites excluding steroid dienone is 1. The highest BCUT2D eigenvalue weighted by Gasteiger charge is 2.16. The van der Waals surface area contributed by atoms with Gasteiger partial charge in [0.1, 0.15) is 5.75 Å². The van der Waals surface area contributed by atoms with Crippen molar-refractivity contribution in [2.45, 2.75) is 46.0 Å². The smallest absolute Gasteiger partial charge is 0.307 e. The molecule has 116 valence electrons. The molecular weight excluding hydrogens is 288 g/mol. The number of carbonyl (C=O) groups is 1. The highest BCUT2D eigenvalue weighted by Crippen LogP contribution is 2.38. The molecule has 1 rings (SSSR count). The molecule has 4 heteroatoms. The fourth-order valence-corrected chi connectivity index (χ4v) is 2.56. The Labute approximate surface area is 131 Å². The number of methoxy groups -OCH3 is 1. The number of rotatable bonds is 7. The maximum atomic E-state index is 10.8. The Morgan fingerprint density at radius 2 is 2.10 bits per heavy atom. The fraction of sp³-hybridized carbons (Fsp3) is 0.471. The third kappa shape index (κ3) is 4.78. The average molecular weight is 311 g/mol. The molecule has 1 aromatic carbocycles. The van der Waals surface area contributed by atoms with Crippen LogP contribution in [0.3, 0.4) is 0 Å². The predicted molar refractivity (Wildman–Crippen MR) is 87.2 cm³/mol. The summed E-state index contributed by atoms with van der Waals surface area (Å²) in [5.74, 6) is 0.230. The Bertz CT molecular complexity index is 533. The standard InChI is InChI=1S/C17H23ClO3/c1-5-6-12(7-8-16(19)20)15-10-13(18)9-14(11(2)3)17(15)21-4/h7,9-11H,5-6,8H2,1-4H3,(H,19,20)/b12-7+. The summed E-state index contributed by atoms with van der Waals surface area (Å²) < 4.78 is 5.58. The lowest BCUT2D eigenvalue weighted by atomic mass is 9.93. The lowest BCUT2D eigenvalue weighted by Crippen LogP contribution is -2.00. The van der Waals surface area contributed by atoms with Crippen molar-refractivity contribution in [3.63, 3.8) is 0 Å². The second kappa shape index (κ2) is 8.08. The molecule has 0 saturated heterocycles. The molecule has 21 heavy (non-hydrogen) atoms. The van der Waals surface area contributed by atoms with Crippen molar-refractivity contribution < 1.29 is 14.6 Å². The normalized spacial score (nSPS) is 11.8. The Morgan fingerprint density at radius 3 is 2.57 bits per heavy atom. The topological polar surface area (TPSA) is 46.5 Å². The molecule has 0 bridgehead atoms. The quantitative estimate of drug-likeness (QED) is 0.759. The molecule has 0 aliphatic rings. The second-order valence-electron chi connectivity index (χ2n) is 5.31. The van der Waals surface area contributed by atoms with E-state index in [0.29, 0.717) is 5.02 Å². The summed E-state index contributed by atoms with van der Waals surface area (Å²) in [6.07, 6.45) is 3.48. The molecule has 0 spiro atoms. The van der Waals surface area contributed by atoms with E-state index in [2.05, 4.69) is 20.8 Å². The molecule has 0 saturated carbocycles. The monoisotopic (exact) mass is 310 g/mol. The van der Waals surface area contributed by atoms with Crippen LogP contribution in [0.25, 0.3) is 5.57 Å². The van der Waals surface area contributed by atoms with Crippen molar-refractivity contribution in [2.24, 2.45) is 0 Å². The van der Waals surface area contributed by atoms with Gasteiger partial charge in [0, 0.05) is 10.6 Å². The average Bonchev–Trinajstić information content (AvgIpc) is 2.42. The second-order valence-corrected chi connectivity index (χ2v) is 5.74. The van der Waals surface area contributed by atoms with Gasteiger partial charge in [-0.05, 0) is 35.6 Å². The van der Waals surface area contributed by atoms with Crippen LogP contribution >= 0.6 is 11.6 Å². The van der Waals surface area contributed by atoms with Crippen LogP contribution < -0.4 is 4.74 Å². The molecule has 0 aliphatic carbocycles. The number of halogens is 1. The van der Waals surface area contributed by atoms with Gasteiger partial charge in [-0.1, -0.05) is 44.9 Å². The summed E-state index contributed by atoms with van der Waals surface area (Å²) in [7, 11) is 1.64. The van der Waals surface area contributed by atoms with Crippen LogP contribution in [0.5, 0.6) is 5.75 Å². The Hall–Kier alpha value is -1.48. The Kier molecular flexibility index (Phi) is 6.76. The van der Waals surface area contributed by atoms with Gasteiger partial charge in [-0.2, -0.15) is 0 Å². The van der Waals surface area contributed by atoms with Crippen LogP contribution in [-0.2, 0) is 4.79 Å². The van der Waals surface area contributed by atoms with E-state index in [1.807, 2.05) is 12.1 Å². The van der Waals surface area contributed by atoms with Gasteiger partial charge in [0.25, 0.3) is 0 Å². The first-order chi connectivity index (χ1) is 9.90. The van der Waals surface area contributed by atoms with Crippen molar-refractivity contribution in [1.29, 1.82) is 0 Å². The summed E-state index contributed by atoms with van der Waals surface area (Å²) in [5, 5.41) is 9.54. The molecule has 1 N–H and O–H groups in total. The number of hydrogen-bond acceptors (Lipinski definition) is 2. The van der Waals surface area contributed by atoms with E-state index in [4.69, 9.17) is 21.4 Å². The van der Waals surface area contributed by atoms with Gasteiger partial charge < -0.3 is 9.84 Å². The van der Waals surface area contributed by atoms with Crippen molar-refractivity contribution >= 4 is 23.1 Å². The molecule has 0 heterocycles. The SMILES string of the molecule is CCC/C(=C\CC(=O)O)c1cc(Cl)cc(C(C)C)c1OC. The zero-order chi connectivity index (χ0) is 16.0. The minimum Gasteiger partial charge on any atom is -0.496 e. The van der Waals surface area contributed by atoms with Crippen molar-refractivity contribution in [3.05, 3.63) is 34.4 Å². The first kappa shape index (κ1) is 17.6. The number of carboxylic acid groups (broad SMARTS) is 1. The van der Waals surface area contributed by atoms with E-state index in [1.165, 1.54) is 0 Å². The zero-order valence-corrected chi connectivity index (χ0v) is 13.8. The summed E-state index contributed by atoms with van der Waals surface area (Å²) >= 11 is 6.23. The lowest BCUT2D eigenvalue weighted by Gasteiger charge is -2.18. The van der Waals surface area contributed by atoms with Crippen LogP contribution in [0.1, 0.15) is 57.1 Å². The fourth-order valence-electron chi connectivity index (χ4n) is 2.34. The largest absolute Gasteiger partial charge is 0.496 e. The van der Waals surface area contributed by atoms with Crippen LogP contribution in [0.4, 0.5) is 0 Å². The van der Waals surface area contributed by atoms with Crippen molar-refractivity contribution in [1.82, 2.24) is 0 Å². The van der Waals surface area contributed by atoms with Crippen LogP contribution in [0.2, 0.25) is 5.02 Å². The summed E-state index contributed by atoms with van der Waals surface area (Å²) in [6, 6.07) is 3.77. The summed E-state index contributed by atoms with van der Waals surface area (Å²) in [5.41, 5.74) is 2.91. The van der Waals surface area contributed by atoms with Crippen LogP contribution in [-0.4, -0.2) is 18.2 Å². The minimum atomic E-state index is -0.839. The molecule has 0 fully saturated rings. The Morgan fingerprint density at radius 1 is 1.43 bits per heavy atom. The number of ether oxygens (including phenoxy) is 1. The number of hydrogen-bond donors (Lipinski definition) is 1. The van der Waals surface area contributed by atoms with E-state index < -0.39 is 5.97 Å². The Balaban J connectivity index is 3.42. The van der Waals surface area contributed by atoms with E-state index in [9.17, 15) is 4.79 Å². The van der Waals surface area contributed by atoms with Gasteiger partial charge in [0.2, 0.25) is 0 Å². The van der Waals surface area contributed by atoms with Crippen LogP contribution in [0, 0.1) is 0 Å².